The number of fused-ring (bicyclic) bond motifs is 6. The molecule has 3 heterocycles. The second-order valence-corrected chi connectivity index (χ2v) is 13.7. The molecular formula is C46H29N3S. The van der Waals surface area contributed by atoms with Gasteiger partial charge in [-0.2, -0.15) is 0 Å². The molecule has 3 aromatic heterocycles. The van der Waals surface area contributed by atoms with Crippen molar-refractivity contribution in [2.45, 2.75) is 0 Å². The van der Waals surface area contributed by atoms with Crippen molar-refractivity contribution in [3.8, 4) is 50.7 Å². The second-order valence-electron chi connectivity index (χ2n) is 12.6. The van der Waals surface area contributed by atoms with Gasteiger partial charge in [0.2, 0.25) is 0 Å². The van der Waals surface area contributed by atoms with E-state index in [0.717, 1.165) is 33.9 Å². The summed E-state index contributed by atoms with van der Waals surface area (Å²) < 4.78 is 4.92. The lowest BCUT2D eigenvalue weighted by atomic mass is 9.98. The van der Waals surface area contributed by atoms with E-state index < -0.39 is 0 Å². The maximum Gasteiger partial charge on any atom is 0.160 e. The minimum atomic E-state index is 0.727. The standard InChI is InChI=1S/C46H29N3S/c1-4-13-30(14-5-1)39-29-40(48-46(47-39)31-15-6-2-7-16-31)33-24-26-43-38(27-33)36-25-23-32(28-44(36)50-43)35-20-12-22-42-45(35)37-19-10-11-21-41(37)49(42)34-17-8-3-9-18-34/h1-29H. The summed E-state index contributed by atoms with van der Waals surface area (Å²) in [7, 11) is 0. The van der Waals surface area contributed by atoms with Crippen LogP contribution < -0.4 is 0 Å². The minimum Gasteiger partial charge on any atom is -0.309 e. The van der Waals surface area contributed by atoms with Crippen LogP contribution in [0, 0.1) is 0 Å². The maximum atomic E-state index is 5.09. The molecule has 0 fully saturated rings. The normalized spacial score (nSPS) is 11.6. The van der Waals surface area contributed by atoms with Crippen molar-refractivity contribution in [3.05, 3.63) is 176 Å². The first-order valence-corrected chi connectivity index (χ1v) is 17.6. The molecule has 0 saturated heterocycles. The number of hydrogen-bond acceptors (Lipinski definition) is 3. The smallest absolute Gasteiger partial charge is 0.160 e. The van der Waals surface area contributed by atoms with Gasteiger partial charge in [-0.05, 0) is 59.7 Å². The first-order valence-electron chi connectivity index (χ1n) is 16.8. The zero-order valence-corrected chi connectivity index (χ0v) is 27.8. The second kappa shape index (κ2) is 11.7. The molecule has 0 amide bonds. The molecule has 0 aliphatic heterocycles. The Hall–Kier alpha value is -6.36. The molecule has 0 saturated carbocycles. The largest absolute Gasteiger partial charge is 0.309 e. The Morgan fingerprint density at radius 2 is 1.06 bits per heavy atom. The Kier molecular flexibility index (Phi) is 6.68. The first kappa shape index (κ1) is 28.6. The highest BCUT2D eigenvalue weighted by atomic mass is 32.1. The minimum absolute atomic E-state index is 0.727. The van der Waals surface area contributed by atoms with Crippen LogP contribution in [0.3, 0.4) is 0 Å². The molecule has 0 bridgehead atoms. The number of aromatic nitrogens is 3. The highest BCUT2D eigenvalue weighted by Gasteiger charge is 2.17. The summed E-state index contributed by atoms with van der Waals surface area (Å²) in [5.41, 5.74) is 11.1. The van der Waals surface area contributed by atoms with E-state index in [-0.39, 0.29) is 0 Å². The van der Waals surface area contributed by atoms with Crippen molar-refractivity contribution in [1.29, 1.82) is 0 Å². The zero-order chi connectivity index (χ0) is 33.0. The van der Waals surface area contributed by atoms with Crippen LogP contribution in [0.25, 0.3) is 92.7 Å². The number of benzene rings is 7. The van der Waals surface area contributed by atoms with Crippen molar-refractivity contribution >= 4 is 53.3 Å². The Balaban J connectivity index is 1.12. The van der Waals surface area contributed by atoms with Crippen LogP contribution in [0.1, 0.15) is 0 Å². The molecule has 10 rings (SSSR count). The molecule has 7 aromatic carbocycles. The van der Waals surface area contributed by atoms with Gasteiger partial charge in [-0.1, -0.05) is 127 Å². The van der Waals surface area contributed by atoms with Gasteiger partial charge in [0.15, 0.2) is 5.82 Å². The van der Waals surface area contributed by atoms with Crippen LogP contribution in [-0.2, 0) is 0 Å². The molecule has 0 unspecified atom stereocenters. The van der Waals surface area contributed by atoms with Gasteiger partial charge in [0, 0.05) is 53.3 Å². The molecule has 0 aliphatic carbocycles. The predicted octanol–water partition coefficient (Wildman–Crippen LogP) is 12.6. The Morgan fingerprint density at radius 3 is 1.86 bits per heavy atom. The third-order valence-corrected chi connectivity index (χ3v) is 10.8. The van der Waals surface area contributed by atoms with E-state index in [4.69, 9.17) is 9.97 Å². The Bertz CT molecular complexity index is 2800. The third kappa shape index (κ3) is 4.73. The van der Waals surface area contributed by atoms with Gasteiger partial charge < -0.3 is 4.57 Å². The fourth-order valence-electron chi connectivity index (χ4n) is 7.29. The topological polar surface area (TPSA) is 30.7 Å². The maximum absolute atomic E-state index is 5.09. The van der Waals surface area contributed by atoms with Crippen LogP contribution in [0.2, 0.25) is 0 Å². The molecule has 50 heavy (non-hydrogen) atoms. The molecular weight excluding hydrogens is 627 g/mol. The van der Waals surface area contributed by atoms with Crippen LogP contribution in [0.15, 0.2) is 176 Å². The van der Waals surface area contributed by atoms with Crippen molar-refractivity contribution < 1.29 is 0 Å². The van der Waals surface area contributed by atoms with Gasteiger partial charge in [0.1, 0.15) is 0 Å². The highest BCUT2D eigenvalue weighted by Crippen LogP contribution is 2.42. The average molecular weight is 656 g/mol. The quantitative estimate of drug-likeness (QED) is 0.185. The number of rotatable bonds is 5. The fourth-order valence-corrected chi connectivity index (χ4v) is 8.41. The lowest BCUT2D eigenvalue weighted by molar-refractivity contribution is 1.18. The summed E-state index contributed by atoms with van der Waals surface area (Å²) >= 11 is 1.85. The molecule has 234 valence electrons. The lowest BCUT2D eigenvalue weighted by Crippen LogP contribution is -1.95. The average Bonchev–Trinajstić information content (AvgIpc) is 3.74. The number of nitrogens with zero attached hydrogens (tertiary/aromatic N) is 3. The number of hydrogen-bond donors (Lipinski definition) is 0. The molecule has 10 aromatic rings. The fraction of sp³-hybridized carbons (Fsp3) is 0. The summed E-state index contributed by atoms with van der Waals surface area (Å²) in [6.45, 7) is 0. The molecule has 0 N–H and O–H groups in total. The summed E-state index contributed by atoms with van der Waals surface area (Å²) in [5, 5.41) is 5.05. The molecule has 0 atom stereocenters. The van der Waals surface area contributed by atoms with E-state index in [1.807, 2.05) is 35.6 Å². The molecule has 0 spiro atoms. The molecule has 0 radical (unpaired) electrons. The summed E-state index contributed by atoms with van der Waals surface area (Å²) in [6, 6.07) is 62.5. The summed E-state index contributed by atoms with van der Waals surface area (Å²) in [4.78, 5) is 10.1. The van der Waals surface area contributed by atoms with E-state index in [2.05, 4.69) is 156 Å². The van der Waals surface area contributed by atoms with E-state index in [9.17, 15) is 0 Å². The number of thiophene rings is 1. The zero-order valence-electron chi connectivity index (χ0n) is 27.0. The summed E-state index contributed by atoms with van der Waals surface area (Å²) in [5.74, 6) is 0.727. The highest BCUT2D eigenvalue weighted by molar-refractivity contribution is 7.25. The predicted molar refractivity (Wildman–Crippen MR) is 211 cm³/mol. The van der Waals surface area contributed by atoms with Gasteiger partial charge >= 0.3 is 0 Å². The van der Waals surface area contributed by atoms with Crippen molar-refractivity contribution in [1.82, 2.24) is 14.5 Å². The van der Waals surface area contributed by atoms with Crippen LogP contribution >= 0.6 is 11.3 Å². The third-order valence-electron chi connectivity index (χ3n) is 9.62. The van der Waals surface area contributed by atoms with Crippen LogP contribution in [0.4, 0.5) is 0 Å². The lowest BCUT2D eigenvalue weighted by Gasteiger charge is -2.10. The van der Waals surface area contributed by atoms with E-state index in [1.54, 1.807) is 0 Å². The van der Waals surface area contributed by atoms with Gasteiger partial charge in [-0.15, -0.1) is 11.3 Å². The molecule has 4 heteroatoms. The van der Waals surface area contributed by atoms with Crippen molar-refractivity contribution in [3.63, 3.8) is 0 Å². The van der Waals surface area contributed by atoms with E-state index >= 15 is 0 Å². The van der Waals surface area contributed by atoms with E-state index in [0.29, 0.717) is 0 Å². The van der Waals surface area contributed by atoms with Crippen LogP contribution in [0.5, 0.6) is 0 Å². The van der Waals surface area contributed by atoms with Gasteiger partial charge in [-0.3, -0.25) is 0 Å². The number of para-hydroxylation sites is 2. The SMILES string of the molecule is c1ccc(-c2cc(-c3ccc4sc5cc(-c6cccc7c6c6ccccc6n7-c6ccccc6)ccc5c4c3)nc(-c3ccccc3)n2)cc1. The Morgan fingerprint density at radius 1 is 0.400 bits per heavy atom. The van der Waals surface area contributed by atoms with Gasteiger partial charge in [0.25, 0.3) is 0 Å². The van der Waals surface area contributed by atoms with Crippen molar-refractivity contribution in [2.75, 3.05) is 0 Å². The van der Waals surface area contributed by atoms with Gasteiger partial charge in [-0.25, -0.2) is 9.97 Å². The first-order chi connectivity index (χ1) is 24.8. The Labute approximate surface area is 293 Å². The van der Waals surface area contributed by atoms with Gasteiger partial charge in [0.05, 0.1) is 22.4 Å². The monoisotopic (exact) mass is 655 g/mol. The van der Waals surface area contributed by atoms with Crippen molar-refractivity contribution in [2.24, 2.45) is 0 Å². The van der Waals surface area contributed by atoms with E-state index in [1.165, 1.54) is 58.8 Å². The molecule has 0 aliphatic rings. The summed E-state index contributed by atoms with van der Waals surface area (Å²) in [6.07, 6.45) is 0. The van der Waals surface area contributed by atoms with Crippen LogP contribution in [-0.4, -0.2) is 14.5 Å². The molecule has 3 nitrogen and oxygen atoms in total.